The molecule has 2 saturated carbocycles. The van der Waals surface area contributed by atoms with Crippen LogP contribution in [0, 0.1) is 5.41 Å². The van der Waals surface area contributed by atoms with Crippen LogP contribution < -0.4 is 5.32 Å². The highest BCUT2D eigenvalue weighted by molar-refractivity contribution is 5.15. The van der Waals surface area contributed by atoms with Crippen molar-refractivity contribution in [3.8, 4) is 0 Å². The second-order valence-electron chi connectivity index (χ2n) is 5.84. The molecule has 1 nitrogen and oxygen atoms in total. The fourth-order valence-corrected chi connectivity index (χ4v) is 4.33. The molecule has 1 N–H and O–H groups in total. The molecule has 0 aromatic carbocycles. The smallest absolute Gasteiger partial charge is 0.0250 e. The first kappa shape index (κ1) is 9.21. The van der Waals surface area contributed by atoms with Crippen LogP contribution in [-0.2, 0) is 0 Å². The Kier molecular flexibility index (Phi) is 2.12. The molecular formula is C13H23N. The highest BCUT2D eigenvalue weighted by atomic mass is 15.1. The van der Waals surface area contributed by atoms with Crippen molar-refractivity contribution in [1.29, 1.82) is 0 Å². The monoisotopic (exact) mass is 193 g/mol. The maximum Gasteiger partial charge on any atom is 0.0250 e. The summed E-state index contributed by atoms with van der Waals surface area (Å²) in [5.74, 6) is 0. The van der Waals surface area contributed by atoms with Gasteiger partial charge in [0.05, 0.1) is 0 Å². The first-order valence-corrected chi connectivity index (χ1v) is 6.62. The minimum Gasteiger partial charge on any atom is -0.310 e. The normalized spacial score (nSPS) is 34.3. The van der Waals surface area contributed by atoms with Gasteiger partial charge in [0.15, 0.2) is 0 Å². The van der Waals surface area contributed by atoms with Crippen LogP contribution in [0.1, 0.15) is 64.2 Å². The van der Waals surface area contributed by atoms with Crippen molar-refractivity contribution >= 4 is 0 Å². The molecule has 3 fully saturated rings. The second kappa shape index (κ2) is 3.23. The molecule has 14 heavy (non-hydrogen) atoms. The van der Waals surface area contributed by atoms with Gasteiger partial charge in [-0.3, -0.25) is 0 Å². The molecule has 0 atom stereocenters. The minimum absolute atomic E-state index is 0.617. The molecule has 2 aliphatic carbocycles. The molecule has 0 aromatic heterocycles. The van der Waals surface area contributed by atoms with Gasteiger partial charge in [-0.25, -0.2) is 0 Å². The van der Waals surface area contributed by atoms with Crippen LogP contribution in [0.3, 0.4) is 0 Å². The van der Waals surface area contributed by atoms with Crippen LogP contribution in [0.2, 0.25) is 0 Å². The van der Waals surface area contributed by atoms with E-state index in [-0.39, 0.29) is 0 Å². The van der Waals surface area contributed by atoms with E-state index in [0.29, 0.717) is 5.54 Å². The van der Waals surface area contributed by atoms with Crippen molar-refractivity contribution in [3.05, 3.63) is 0 Å². The Morgan fingerprint density at radius 2 is 1.21 bits per heavy atom. The molecule has 0 aromatic rings. The molecule has 1 aliphatic heterocycles. The zero-order valence-corrected chi connectivity index (χ0v) is 9.28. The molecule has 3 aliphatic rings. The predicted molar refractivity (Wildman–Crippen MR) is 59.3 cm³/mol. The maximum atomic E-state index is 3.82. The summed E-state index contributed by atoms with van der Waals surface area (Å²) in [6.45, 7) is 1.34. The van der Waals surface area contributed by atoms with Crippen LogP contribution in [-0.4, -0.2) is 12.1 Å². The number of hydrogen-bond donors (Lipinski definition) is 1. The Morgan fingerprint density at radius 3 is 1.71 bits per heavy atom. The number of nitrogens with one attached hydrogen (secondary N) is 1. The lowest BCUT2D eigenvalue weighted by atomic mass is 9.52. The molecule has 1 heteroatoms. The van der Waals surface area contributed by atoms with Gasteiger partial charge in [0, 0.05) is 17.5 Å². The summed E-state index contributed by atoms with van der Waals surface area (Å²) in [4.78, 5) is 0. The average molecular weight is 193 g/mol. The van der Waals surface area contributed by atoms with Gasteiger partial charge < -0.3 is 5.32 Å². The Hall–Kier alpha value is -0.0400. The first-order valence-electron chi connectivity index (χ1n) is 6.62. The SMILES string of the molecule is C1CCC2(CC1)CNC21CCCCC1. The van der Waals surface area contributed by atoms with Crippen molar-refractivity contribution in [3.63, 3.8) is 0 Å². The van der Waals surface area contributed by atoms with Gasteiger partial charge in [0.2, 0.25) is 0 Å². The van der Waals surface area contributed by atoms with Gasteiger partial charge >= 0.3 is 0 Å². The fraction of sp³-hybridized carbons (Fsp3) is 1.00. The van der Waals surface area contributed by atoms with Crippen LogP contribution in [0.5, 0.6) is 0 Å². The summed E-state index contributed by atoms with van der Waals surface area (Å²) in [7, 11) is 0. The Labute approximate surface area is 87.7 Å². The van der Waals surface area contributed by atoms with Crippen LogP contribution >= 0.6 is 0 Å². The summed E-state index contributed by atoms with van der Waals surface area (Å²) in [6.07, 6.45) is 15.0. The molecule has 3 rings (SSSR count). The van der Waals surface area contributed by atoms with Crippen molar-refractivity contribution in [2.75, 3.05) is 6.54 Å². The van der Waals surface area contributed by atoms with E-state index in [1.54, 1.807) is 0 Å². The summed E-state index contributed by atoms with van der Waals surface area (Å²) in [6, 6.07) is 0. The molecule has 0 bridgehead atoms. The largest absolute Gasteiger partial charge is 0.310 e. The first-order chi connectivity index (χ1) is 6.87. The van der Waals surface area contributed by atoms with Crippen molar-refractivity contribution in [2.24, 2.45) is 5.41 Å². The summed E-state index contributed by atoms with van der Waals surface area (Å²) < 4.78 is 0. The number of hydrogen-bond acceptors (Lipinski definition) is 1. The van der Waals surface area contributed by atoms with Crippen molar-refractivity contribution in [1.82, 2.24) is 5.32 Å². The van der Waals surface area contributed by atoms with Gasteiger partial charge in [-0.1, -0.05) is 38.5 Å². The summed E-state index contributed by atoms with van der Waals surface area (Å²) in [5.41, 5.74) is 1.37. The molecule has 1 heterocycles. The molecular weight excluding hydrogens is 170 g/mol. The topological polar surface area (TPSA) is 12.0 Å². The predicted octanol–water partition coefficient (Wildman–Crippen LogP) is 3.24. The van der Waals surface area contributed by atoms with Crippen LogP contribution in [0.25, 0.3) is 0 Å². The quantitative estimate of drug-likeness (QED) is 0.623. The standard InChI is InChI=1S/C13H23N/c1-3-7-12(8-4-1)11-14-13(12)9-5-2-6-10-13/h14H,1-11H2. The molecule has 0 radical (unpaired) electrons. The van der Waals surface area contributed by atoms with E-state index in [9.17, 15) is 0 Å². The average Bonchev–Trinajstić information content (AvgIpc) is 2.30. The van der Waals surface area contributed by atoms with Crippen molar-refractivity contribution in [2.45, 2.75) is 69.7 Å². The van der Waals surface area contributed by atoms with E-state index in [0.717, 1.165) is 5.41 Å². The van der Waals surface area contributed by atoms with Crippen LogP contribution in [0.15, 0.2) is 0 Å². The molecule has 0 unspecified atom stereocenters. The van der Waals surface area contributed by atoms with Crippen molar-refractivity contribution < 1.29 is 0 Å². The lowest BCUT2D eigenvalue weighted by Crippen LogP contribution is -2.73. The lowest BCUT2D eigenvalue weighted by Gasteiger charge is -2.64. The van der Waals surface area contributed by atoms with Gasteiger partial charge in [-0.15, -0.1) is 0 Å². The summed E-state index contributed by atoms with van der Waals surface area (Å²) in [5, 5.41) is 3.82. The van der Waals surface area contributed by atoms with E-state index >= 15 is 0 Å². The maximum absolute atomic E-state index is 3.82. The molecule has 2 spiro atoms. The van der Waals surface area contributed by atoms with Crippen LogP contribution in [0.4, 0.5) is 0 Å². The molecule has 1 saturated heterocycles. The lowest BCUT2D eigenvalue weighted by molar-refractivity contribution is -0.0714. The zero-order chi connectivity index (χ0) is 9.49. The van der Waals surface area contributed by atoms with Gasteiger partial charge in [-0.2, -0.15) is 0 Å². The molecule has 80 valence electrons. The Morgan fingerprint density at radius 1 is 0.643 bits per heavy atom. The Balaban J connectivity index is 1.78. The second-order valence-corrected chi connectivity index (χ2v) is 5.84. The summed E-state index contributed by atoms with van der Waals surface area (Å²) >= 11 is 0. The van der Waals surface area contributed by atoms with E-state index in [1.807, 2.05) is 0 Å². The third kappa shape index (κ3) is 1.11. The highest BCUT2D eigenvalue weighted by Crippen LogP contribution is 2.55. The van der Waals surface area contributed by atoms with E-state index in [2.05, 4.69) is 5.32 Å². The third-order valence-electron chi connectivity index (χ3n) is 5.30. The van der Waals surface area contributed by atoms with Gasteiger partial charge in [0.25, 0.3) is 0 Å². The van der Waals surface area contributed by atoms with E-state index in [1.165, 1.54) is 70.8 Å². The van der Waals surface area contributed by atoms with Gasteiger partial charge in [-0.05, 0) is 25.7 Å². The minimum atomic E-state index is 0.617. The van der Waals surface area contributed by atoms with E-state index < -0.39 is 0 Å². The zero-order valence-electron chi connectivity index (χ0n) is 9.28. The Bertz CT molecular complexity index is 185. The van der Waals surface area contributed by atoms with E-state index in [4.69, 9.17) is 0 Å². The number of rotatable bonds is 0. The highest BCUT2D eigenvalue weighted by Gasteiger charge is 2.57. The fourth-order valence-electron chi connectivity index (χ4n) is 4.33. The van der Waals surface area contributed by atoms with Gasteiger partial charge in [0.1, 0.15) is 0 Å². The molecule has 0 amide bonds. The third-order valence-corrected chi connectivity index (χ3v) is 5.30. The number of fused-ring (bicyclic) bond motifs is 1.